The van der Waals surface area contributed by atoms with Crippen LogP contribution in [0.2, 0.25) is 0 Å². The van der Waals surface area contributed by atoms with Crippen molar-refractivity contribution in [1.82, 2.24) is 10.2 Å². The number of ether oxygens (including phenoxy) is 1. The van der Waals surface area contributed by atoms with Gasteiger partial charge in [-0.1, -0.05) is 29.5 Å². The van der Waals surface area contributed by atoms with Crippen molar-refractivity contribution in [3.63, 3.8) is 0 Å². The number of hydrogen-bond acceptors (Lipinski definition) is 6. The normalized spacial score (nSPS) is 10.6. The Hall–Kier alpha value is -2.25. The number of thiophene rings is 1. The van der Waals surface area contributed by atoms with Gasteiger partial charge in [-0.05, 0) is 48.9 Å². The maximum absolute atomic E-state index is 12.1. The molecule has 24 heavy (non-hydrogen) atoms. The lowest BCUT2D eigenvalue weighted by Crippen LogP contribution is -2.20. The van der Waals surface area contributed by atoms with Crippen LogP contribution in [0.4, 0.5) is 5.13 Å². The molecule has 5 nitrogen and oxygen atoms in total. The molecule has 0 unspecified atom stereocenters. The van der Waals surface area contributed by atoms with E-state index in [0.717, 1.165) is 32.3 Å². The quantitative estimate of drug-likeness (QED) is 0.741. The molecule has 0 saturated carbocycles. The number of benzene rings is 1. The van der Waals surface area contributed by atoms with E-state index in [1.165, 1.54) is 11.3 Å². The molecule has 3 aromatic rings. The van der Waals surface area contributed by atoms with Gasteiger partial charge in [0.1, 0.15) is 5.75 Å². The van der Waals surface area contributed by atoms with Gasteiger partial charge in [0.15, 0.2) is 11.6 Å². The van der Waals surface area contributed by atoms with E-state index in [4.69, 9.17) is 4.74 Å². The zero-order valence-corrected chi connectivity index (χ0v) is 15.3. The molecular weight excluding hydrogens is 342 g/mol. The maximum atomic E-state index is 12.1. The monoisotopic (exact) mass is 359 g/mol. The summed E-state index contributed by atoms with van der Waals surface area (Å²) in [5, 5.41) is 14.1. The fourth-order valence-corrected chi connectivity index (χ4v) is 3.77. The number of nitrogens with one attached hydrogen (secondary N) is 1. The third kappa shape index (κ3) is 3.63. The van der Waals surface area contributed by atoms with Crippen LogP contribution >= 0.6 is 22.7 Å². The topological polar surface area (TPSA) is 64.1 Å². The van der Waals surface area contributed by atoms with Crippen LogP contribution in [0.3, 0.4) is 0 Å². The number of amides is 1. The van der Waals surface area contributed by atoms with E-state index in [1.807, 2.05) is 50.4 Å². The van der Waals surface area contributed by atoms with Crippen LogP contribution in [-0.2, 0) is 4.79 Å². The van der Waals surface area contributed by atoms with Gasteiger partial charge in [0.2, 0.25) is 5.13 Å². The molecule has 0 radical (unpaired) electrons. The predicted molar refractivity (Wildman–Crippen MR) is 98.0 cm³/mol. The van der Waals surface area contributed by atoms with Gasteiger partial charge in [0.05, 0.1) is 4.88 Å². The second-order valence-electron chi connectivity index (χ2n) is 5.38. The molecule has 0 aliphatic heterocycles. The molecule has 2 aromatic heterocycles. The second kappa shape index (κ2) is 7.11. The number of anilines is 1. The van der Waals surface area contributed by atoms with Gasteiger partial charge >= 0.3 is 0 Å². The van der Waals surface area contributed by atoms with Crippen LogP contribution in [0.1, 0.15) is 16.7 Å². The summed E-state index contributed by atoms with van der Waals surface area (Å²) in [6, 6.07) is 7.97. The summed E-state index contributed by atoms with van der Waals surface area (Å²) in [5.74, 6) is 0.519. The Morgan fingerprint density at radius 1 is 1.17 bits per heavy atom. The summed E-state index contributed by atoms with van der Waals surface area (Å²) in [4.78, 5) is 13.1. The molecule has 0 aliphatic rings. The first-order valence-corrected chi connectivity index (χ1v) is 9.11. The summed E-state index contributed by atoms with van der Waals surface area (Å²) in [6.45, 7) is 5.93. The van der Waals surface area contributed by atoms with E-state index in [0.29, 0.717) is 5.13 Å². The van der Waals surface area contributed by atoms with Crippen molar-refractivity contribution in [2.45, 2.75) is 20.8 Å². The Morgan fingerprint density at radius 2 is 1.96 bits per heavy atom. The molecule has 1 N–H and O–H groups in total. The molecule has 3 rings (SSSR count). The number of hydrogen-bond donors (Lipinski definition) is 1. The van der Waals surface area contributed by atoms with Crippen molar-refractivity contribution in [3.05, 3.63) is 46.3 Å². The van der Waals surface area contributed by atoms with Crippen molar-refractivity contribution >= 4 is 33.7 Å². The number of carbonyl (C=O) groups excluding carboxylic acids is 1. The first kappa shape index (κ1) is 16.6. The summed E-state index contributed by atoms with van der Waals surface area (Å²) in [7, 11) is 0. The SMILES string of the molecule is Cc1ccc(C)c(OCC(=O)Nc2nnc(-c3cccs3)s2)c1C. The zero-order chi connectivity index (χ0) is 17.1. The molecule has 124 valence electrons. The Balaban J connectivity index is 1.62. The average molecular weight is 359 g/mol. The summed E-state index contributed by atoms with van der Waals surface area (Å²) < 4.78 is 5.71. The Bertz CT molecular complexity index is 857. The maximum Gasteiger partial charge on any atom is 0.264 e. The highest BCUT2D eigenvalue weighted by Crippen LogP contribution is 2.30. The van der Waals surface area contributed by atoms with Crippen LogP contribution in [-0.4, -0.2) is 22.7 Å². The van der Waals surface area contributed by atoms with E-state index in [2.05, 4.69) is 15.5 Å². The van der Waals surface area contributed by atoms with Gasteiger partial charge in [-0.25, -0.2) is 0 Å². The van der Waals surface area contributed by atoms with Gasteiger partial charge in [0.25, 0.3) is 5.91 Å². The van der Waals surface area contributed by atoms with Crippen LogP contribution < -0.4 is 10.1 Å². The summed E-state index contributed by atoms with van der Waals surface area (Å²) in [5.41, 5.74) is 3.21. The first-order valence-electron chi connectivity index (χ1n) is 7.41. The highest BCUT2D eigenvalue weighted by Gasteiger charge is 2.12. The van der Waals surface area contributed by atoms with E-state index in [1.54, 1.807) is 11.3 Å². The van der Waals surface area contributed by atoms with Crippen molar-refractivity contribution in [1.29, 1.82) is 0 Å². The minimum absolute atomic E-state index is 0.0565. The fraction of sp³-hybridized carbons (Fsp3) is 0.235. The lowest BCUT2D eigenvalue weighted by Gasteiger charge is -2.13. The molecule has 0 atom stereocenters. The highest BCUT2D eigenvalue weighted by molar-refractivity contribution is 7.23. The molecule has 1 aromatic carbocycles. The van der Waals surface area contributed by atoms with Crippen LogP contribution in [0, 0.1) is 20.8 Å². The molecular formula is C17H17N3O2S2. The molecule has 2 heterocycles. The number of carbonyl (C=O) groups is 1. The number of nitrogens with zero attached hydrogens (tertiary/aromatic N) is 2. The largest absolute Gasteiger partial charge is 0.483 e. The predicted octanol–water partition coefficient (Wildman–Crippen LogP) is 4.21. The second-order valence-corrected chi connectivity index (χ2v) is 7.31. The van der Waals surface area contributed by atoms with E-state index >= 15 is 0 Å². The van der Waals surface area contributed by atoms with E-state index in [9.17, 15) is 4.79 Å². The Labute approximate surface area is 148 Å². The van der Waals surface area contributed by atoms with Crippen molar-refractivity contribution in [2.75, 3.05) is 11.9 Å². The van der Waals surface area contributed by atoms with Gasteiger partial charge in [-0.2, -0.15) is 0 Å². The number of aryl methyl sites for hydroxylation is 2. The number of aromatic nitrogens is 2. The van der Waals surface area contributed by atoms with Gasteiger partial charge in [-0.15, -0.1) is 21.5 Å². The third-order valence-corrected chi connectivity index (χ3v) is 5.50. The summed E-state index contributed by atoms with van der Waals surface area (Å²) in [6.07, 6.45) is 0. The molecule has 0 aliphatic carbocycles. The fourth-order valence-electron chi connectivity index (χ4n) is 2.21. The zero-order valence-electron chi connectivity index (χ0n) is 13.6. The van der Waals surface area contributed by atoms with Crippen LogP contribution in [0.15, 0.2) is 29.6 Å². The molecule has 1 amide bonds. The van der Waals surface area contributed by atoms with Crippen LogP contribution in [0.5, 0.6) is 5.75 Å². The Kier molecular flexibility index (Phi) is 4.92. The average Bonchev–Trinajstić information content (AvgIpc) is 3.22. The summed E-state index contributed by atoms with van der Waals surface area (Å²) >= 11 is 2.94. The van der Waals surface area contributed by atoms with Gasteiger partial charge in [0, 0.05) is 0 Å². The molecule has 0 fully saturated rings. The van der Waals surface area contributed by atoms with Crippen LogP contribution in [0.25, 0.3) is 9.88 Å². The lowest BCUT2D eigenvalue weighted by molar-refractivity contribution is -0.118. The smallest absolute Gasteiger partial charge is 0.264 e. The van der Waals surface area contributed by atoms with Crippen molar-refractivity contribution in [2.24, 2.45) is 0 Å². The van der Waals surface area contributed by atoms with Crippen molar-refractivity contribution < 1.29 is 9.53 Å². The Morgan fingerprint density at radius 3 is 2.71 bits per heavy atom. The standard InChI is InChI=1S/C17H17N3O2S2/c1-10-6-7-11(2)15(12(10)3)22-9-14(21)18-17-20-19-16(24-17)13-5-4-8-23-13/h4-8H,9H2,1-3H3,(H,18,20,21). The molecule has 7 heteroatoms. The van der Waals surface area contributed by atoms with E-state index < -0.39 is 0 Å². The molecule has 0 spiro atoms. The number of rotatable bonds is 5. The first-order chi connectivity index (χ1) is 11.5. The molecule has 0 saturated heterocycles. The minimum Gasteiger partial charge on any atom is -0.483 e. The van der Waals surface area contributed by atoms with Gasteiger partial charge in [-0.3, -0.25) is 10.1 Å². The highest BCUT2D eigenvalue weighted by atomic mass is 32.1. The molecule has 0 bridgehead atoms. The minimum atomic E-state index is -0.246. The van der Waals surface area contributed by atoms with Crippen molar-refractivity contribution in [3.8, 4) is 15.6 Å². The van der Waals surface area contributed by atoms with Gasteiger partial charge < -0.3 is 4.74 Å². The third-order valence-electron chi connectivity index (χ3n) is 3.62. The lowest BCUT2D eigenvalue weighted by atomic mass is 10.1. The van der Waals surface area contributed by atoms with E-state index in [-0.39, 0.29) is 12.5 Å².